The minimum atomic E-state index is -0.587. The number of rotatable bonds is 5. The molecule has 0 bridgehead atoms. The molecular weight excluding hydrogens is 290 g/mol. The van der Waals surface area contributed by atoms with Gasteiger partial charge in [0, 0.05) is 22.7 Å². The van der Waals surface area contributed by atoms with Crippen LogP contribution in [-0.2, 0) is 4.79 Å². The Balaban J connectivity index is 1.84. The van der Waals surface area contributed by atoms with Crippen LogP contribution in [0.25, 0.3) is 10.9 Å². The molecule has 3 unspecified atom stereocenters. The molecule has 2 heterocycles. The van der Waals surface area contributed by atoms with E-state index in [4.69, 9.17) is 0 Å². The van der Waals surface area contributed by atoms with Crippen molar-refractivity contribution in [2.75, 3.05) is 7.05 Å². The van der Waals surface area contributed by atoms with Gasteiger partial charge in [-0.15, -0.1) is 0 Å². The minimum Gasteiger partial charge on any atom is -0.360 e. The molecule has 5 nitrogen and oxygen atoms in total. The van der Waals surface area contributed by atoms with Crippen LogP contribution in [0.15, 0.2) is 30.5 Å². The number of aromatic nitrogens is 1. The van der Waals surface area contributed by atoms with Crippen molar-refractivity contribution in [1.82, 2.24) is 15.2 Å². The maximum absolute atomic E-state index is 12.9. The molecule has 1 saturated heterocycles. The van der Waals surface area contributed by atoms with E-state index in [2.05, 4.69) is 24.1 Å². The van der Waals surface area contributed by atoms with E-state index in [1.165, 1.54) is 0 Å². The van der Waals surface area contributed by atoms with Crippen molar-refractivity contribution in [2.24, 2.45) is 5.92 Å². The Hall–Kier alpha value is -2.14. The van der Waals surface area contributed by atoms with Gasteiger partial charge in [0.05, 0.1) is 6.04 Å². The molecule has 2 aromatic rings. The van der Waals surface area contributed by atoms with Crippen LogP contribution >= 0.6 is 0 Å². The minimum absolute atomic E-state index is 0.0500. The van der Waals surface area contributed by atoms with Gasteiger partial charge >= 0.3 is 0 Å². The van der Waals surface area contributed by atoms with Crippen molar-refractivity contribution in [3.05, 3.63) is 36.0 Å². The first kappa shape index (κ1) is 15.7. The third-order valence-electron chi connectivity index (χ3n) is 4.91. The number of benzene rings is 1. The van der Waals surface area contributed by atoms with E-state index in [1.807, 2.05) is 36.2 Å². The number of Topliss-reactive ketones (excluding diaryl/α,β-unsaturated/α-hetero) is 1. The summed E-state index contributed by atoms with van der Waals surface area (Å²) >= 11 is 0. The first-order chi connectivity index (χ1) is 11.0. The maximum Gasteiger partial charge on any atom is 0.239 e. The molecule has 1 aliphatic heterocycles. The van der Waals surface area contributed by atoms with Crippen molar-refractivity contribution in [1.29, 1.82) is 0 Å². The lowest BCUT2D eigenvalue weighted by atomic mass is 9.98. The molecule has 0 spiro atoms. The topological polar surface area (TPSA) is 65.2 Å². The largest absolute Gasteiger partial charge is 0.360 e. The molecule has 23 heavy (non-hydrogen) atoms. The van der Waals surface area contributed by atoms with Crippen LogP contribution < -0.4 is 5.32 Å². The molecule has 0 aliphatic carbocycles. The zero-order valence-corrected chi connectivity index (χ0v) is 13.8. The molecule has 0 saturated carbocycles. The van der Waals surface area contributed by atoms with Crippen LogP contribution in [-0.4, -0.2) is 40.8 Å². The summed E-state index contributed by atoms with van der Waals surface area (Å²) in [4.78, 5) is 30.2. The van der Waals surface area contributed by atoms with Crippen molar-refractivity contribution in [3.63, 3.8) is 0 Å². The van der Waals surface area contributed by atoms with Gasteiger partial charge in [0.2, 0.25) is 11.7 Å². The van der Waals surface area contributed by atoms with E-state index in [0.29, 0.717) is 11.5 Å². The fourth-order valence-electron chi connectivity index (χ4n) is 3.19. The number of ketones is 1. The van der Waals surface area contributed by atoms with Crippen LogP contribution in [0.5, 0.6) is 0 Å². The van der Waals surface area contributed by atoms with Crippen LogP contribution in [0.3, 0.4) is 0 Å². The predicted octanol–water partition coefficient (Wildman–Crippen LogP) is 2.54. The quantitative estimate of drug-likeness (QED) is 0.834. The molecule has 1 aromatic carbocycles. The van der Waals surface area contributed by atoms with Crippen LogP contribution in [0.1, 0.15) is 37.0 Å². The zero-order valence-electron chi connectivity index (χ0n) is 13.8. The van der Waals surface area contributed by atoms with Crippen molar-refractivity contribution < 1.29 is 9.59 Å². The van der Waals surface area contributed by atoms with Crippen LogP contribution in [0.4, 0.5) is 0 Å². The van der Waals surface area contributed by atoms with E-state index in [1.54, 1.807) is 6.20 Å². The van der Waals surface area contributed by atoms with Crippen molar-refractivity contribution in [2.45, 2.75) is 38.9 Å². The fraction of sp³-hybridized carbons (Fsp3) is 0.444. The Bertz CT molecular complexity index is 737. The van der Waals surface area contributed by atoms with Gasteiger partial charge < -0.3 is 10.3 Å². The Morgan fingerprint density at radius 3 is 2.83 bits per heavy atom. The summed E-state index contributed by atoms with van der Waals surface area (Å²) in [6.07, 6.45) is 2.94. The number of likely N-dealkylation sites (N-methyl/N-ethyl adjacent to an activating group) is 1. The molecule has 1 aliphatic rings. The summed E-state index contributed by atoms with van der Waals surface area (Å²) in [6.45, 7) is 4.25. The molecule has 1 aromatic heterocycles. The van der Waals surface area contributed by atoms with E-state index in [9.17, 15) is 9.59 Å². The SMILES string of the molecule is CCC(C)CC1C(=O)NC(C(=O)c2c[nH]c3ccccc23)N1C. The summed E-state index contributed by atoms with van der Waals surface area (Å²) < 4.78 is 0. The second kappa shape index (κ2) is 6.16. The highest BCUT2D eigenvalue weighted by Crippen LogP contribution is 2.24. The van der Waals surface area contributed by atoms with Crippen molar-refractivity contribution in [3.8, 4) is 0 Å². The molecular formula is C18H23N3O2. The number of para-hydroxylation sites is 1. The second-order valence-corrected chi connectivity index (χ2v) is 6.45. The van der Waals surface area contributed by atoms with Crippen LogP contribution in [0.2, 0.25) is 0 Å². The standard InChI is InChI=1S/C18H23N3O2/c1-4-11(2)9-15-18(23)20-17(21(15)3)16(22)13-10-19-14-8-6-5-7-12(13)14/h5-8,10-11,15,17,19H,4,9H2,1-3H3,(H,20,23). The highest BCUT2D eigenvalue weighted by molar-refractivity contribution is 6.12. The molecule has 2 N–H and O–H groups in total. The number of nitrogens with one attached hydrogen (secondary N) is 2. The monoisotopic (exact) mass is 313 g/mol. The van der Waals surface area contributed by atoms with Gasteiger partial charge in [-0.25, -0.2) is 0 Å². The highest BCUT2D eigenvalue weighted by atomic mass is 16.2. The summed E-state index contributed by atoms with van der Waals surface area (Å²) in [6, 6.07) is 7.47. The highest BCUT2D eigenvalue weighted by Gasteiger charge is 2.41. The van der Waals surface area contributed by atoms with Gasteiger partial charge in [-0.1, -0.05) is 38.5 Å². The number of aromatic amines is 1. The second-order valence-electron chi connectivity index (χ2n) is 6.45. The molecule has 122 valence electrons. The lowest BCUT2D eigenvalue weighted by Crippen LogP contribution is -2.42. The molecule has 3 rings (SSSR count). The number of hydrogen-bond donors (Lipinski definition) is 2. The molecule has 1 fully saturated rings. The van der Waals surface area contributed by atoms with Gasteiger partial charge in [-0.05, 0) is 25.5 Å². The summed E-state index contributed by atoms with van der Waals surface area (Å²) in [5, 5.41) is 3.75. The molecule has 1 amide bonds. The average Bonchev–Trinajstić information content (AvgIpc) is 3.10. The average molecular weight is 313 g/mol. The predicted molar refractivity (Wildman–Crippen MR) is 90.2 cm³/mol. The fourth-order valence-corrected chi connectivity index (χ4v) is 3.19. The number of carbonyl (C=O) groups excluding carboxylic acids is 2. The van der Waals surface area contributed by atoms with Gasteiger partial charge in [-0.2, -0.15) is 0 Å². The van der Waals surface area contributed by atoms with E-state index in [0.717, 1.165) is 23.7 Å². The van der Waals surface area contributed by atoms with Crippen LogP contribution in [0, 0.1) is 5.92 Å². The lowest BCUT2D eigenvalue weighted by molar-refractivity contribution is -0.121. The Morgan fingerprint density at radius 2 is 2.09 bits per heavy atom. The lowest BCUT2D eigenvalue weighted by Gasteiger charge is -2.23. The first-order valence-electron chi connectivity index (χ1n) is 8.15. The first-order valence-corrected chi connectivity index (χ1v) is 8.15. The summed E-state index contributed by atoms with van der Waals surface area (Å²) in [5.74, 6) is 0.339. The Kier molecular flexibility index (Phi) is 4.22. The third-order valence-corrected chi connectivity index (χ3v) is 4.91. The van der Waals surface area contributed by atoms with Crippen molar-refractivity contribution >= 4 is 22.6 Å². The number of fused-ring (bicyclic) bond motifs is 1. The summed E-state index contributed by atoms with van der Waals surface area (Å²) in [5.41, 5.74) is 1.56. The molecule has 5 heteroatoms. The number of carbonyl (C=O) groups is 2. The third kappa shape index (κ3) is 2.77. The Morgan fingerprint density at radius 1 is 1.35 bits per heavy atom. The Labute approximate surface area is 136 Å². The van der Waals surface area contributed by atoms with Gasteiger partial charge in [0.15, 0.2) is 0 Å². The van der Waals surface area contributed by atoms with E-state index < -0.39 is 6.17 Å². The van der Waals surface area contributed by atoms with E-state index >= 15 is 0 Å². The van der Waals surface area contributed by atoms with Gasteiger partial charge in [-0.3, -0.25) is 14.5 Å². The molecule has 0 radical (unpaired) electrons. The van der Waals surface area contributed by atoms with E-state index in [-0.39, 0.29) is 17.7 Å². The maximum atomic E-state index is 12.9. The number of hydrogen-bond acceptors (Lipinski definition) is 3. The van der Waals surface area contributed by atoms with Gasteiger partial charge in [0.1, 0.15) is 6.17 Å². The number of H-pyrrole nitrogens is 1. The van der Waals surface area contributed by atoms with Gasteiger partial charge in [0.25, 0.3) is 0 Å². The normalized spacial score (nSPS) is 23.2. The zero-order chi connectivity index (χ0) is 16.6. The molecule has 3 atom stereocenters. The summed E-state index contributed by atoms with van der Waals surface area (Å²) in [7, 11) is 1.85. The number of nitrogens with zero attached hydrogens (tertiary/aromatic N) is 1. The smallest absolute Gasteiger partial charge is 0.239 e. The number of amides is 1.